The van der Waals surface area contributed by atoms with E-state index in [1.54, 1.807) is 0 Å². The fraction of sp³-hybridized carbons (Fsp3) is 0.714. The molecule has 0 amide bonds. The lowest BCUT2D eigenvalue weighted by Crippen LogP contribution is -2.34. The Morgan fingerprint density at radius 1 is 1.33 bits per heavy atom. The van der Waals surface area contributed by atoms with Crippen LogP contribution in [-0.2, 0) is 9.59 Å². The van der Waals surface area contributed by atoms with Crippen LogP contribution in [0.3, 0.4) is 0 Å². The van der Waals surface area contributed by atoms with Gasteiger partial charge in [-0.1, -0.05) is 13.8 Å². The van der Waals surface area contributed by atoms with Gasteiger partial charge in [0.2, 0.25) is 0 Å². The van der Waals surface area contributed by atoms with Crippen LogP contribution in [0, 0.1) is 5.41 Å². The quantitative estimate of drug-likeness (QED) is 0.492. The maximum atomic E-state index is 12.1. The summed E-state index contributed by atoms with van der Waals surface area (Å²) >= 11 is 0. The van der Waals surface area contributed by atoms with Crippen LogP contribution < -0.4 is 0 Å². The van der Waals surface area contributed by atoms with E-state index in [-0.39, 0.29) is 6.29 Å². The summed E-state index contributed by atoms with van der Waals surface area (Å²) in [5, 5.41) is 0. The van der Waals surface area contributed by atoms with Gasteiger partial charge in [0, 0.05) is 6.42 Å². The van der Waals surface area contributed by atoms with Crippen LogP contribution in [0.1, 0.15) is 20.3 Å². The van der Waals surface area contributed by atoms with E-state index >= 15 is 0 Å². The first kappa shape index (κ1) is 11.1. The lowest BCUT2D eigenvalue weighted by molar-refractivity contribution is -0.213. The van der Waals surface area contributed by atoms with Gasteiger partial charge < -0.3 is 0 Å². The van der Waals surface area contributed by atoms with Crippen LogP contribution in [-0.4, -0.2) is 18.2 Å². The van der Waals surface area contributed by atoms with Gasteiger partial charge in [-0.25, -0.2) is 0 Å². The Labute approximate surface area is 67.7 Å². The summed E-state index contributed by atoms with van der Waals surface area (Å²) in [6.07, 6.45) is -5.33. The summed E-state index contributed by atoms with van der Waals surface area (Å²) in [5.41, 5.74) is -2.12. The summed E-state index contributed by atoms with van der Waals surface area (Å²) in [7, 11) is 0. The maximum absolute atomic E-state index is 12.1. The molecule has 0 aliphatic heterocycles. The van der Waals surface area contributed by atoms with E-state index < -0.39 is 23.8 Å². The molecule has 70 valence electrons. The highest BCUT2D eigenvalue weighted by molar-refractivity contribution is 6.25. The predicted molar refractivity (Wildman–Crippen MR) is 35.5 cm³/mol. The lowest BCUT2D eigenvalue weighted by Gasteiger charge is -2.25. The maximum Gasteiger partial charge on any atom is 0.394 e. The van der Waals surface area contributed by atoms with Gasteiger partial charge in [-0.05, 0) is 0 Å². The van der Waals surface area contributed by atoms with Crippen molar-refractivity contribution >= 4 is 12.1 Å². The third-order valence-electron chi connectivity index (χ3n) is 1.52. The molecule has 0 rings (SSSR count). The van der Waals surface area contributed by atoms with Crippen molar-refractivity contribution in [2.24, 2.45) is 5.41 Å². The van der Waals surface area contributed by atoms with Gasteiger partial charge in [0.1, 0.15) is 0 Å². The van der Waals surface area contributed by atoms with Gasteiger partial charge in [0.25, 0.3) is 0 Å². The fourth-order valence-corrected chi connectivity index (χ4v) is 0.577. The Hall–Kier alpha value is -0.870. The van der Waals surface area contributed by atoms with Crippen molar-refractivity contribution in [1.29, 1.82) is 0 Å². The van der Waals surface area contributed by atoms with Crippen molar-refractivity contribution in [3.8, 4) is 0 Å². The van der Waals surface area contributed by atoms with Crippen LogP contribution >= 0.6 is 0 Å². The van der Waals surface area contributed by atoms with Crippen LogP contribution in [0.4, 0.5) is 13.2 Å². The topological polar surface area (TPSA) is 34.1 Å². The van der Waals surface area contributed by atoms with Gasteiger partial charge in [0.05, 0.1) is 5.41 Å². The minimum absolute atomic E-state index is 0.0898. The third kappa shape index (κ3) is 2.64. The molecule has 0 spiro atoms. The van der Waals surface area contributed by atoms with Crippen LogP contribution in [0.2, 0.25) is 0 Å². The molecule has 0 saturated heterocycles. The second kappa shape index (κ2) is 3.25. The van der Waals surface area contributed by atoms with Crippen molar-refractivity contribution in [2.45, 2.75) is 26.4 Å². The zero-order valence-corrected chi connectivity index (χ0v) is 6.73. The number of carbonyl (C=O) groups is 2. The zero-order valence-electron chi connectivity index (χ0n) is 6.73. The fourth-order valence-electron chi connectivity index (χ4n) is 0.577. The van der Waals surface area contributed by atoms with Crippen molar-refractivity contribution in [3.05, 3.63) is 0 Å². The zero-order chi connectivity index (χ0) is 9.99. The Bertz CT molecular complexity index is 193. The largest absolute Gasteiger partial charge is 0.394 e. The molecule has 0 aliphatic rings. The number of hydrogen-bond acceptors (Lipinski definition) is 2. The first-order valence-corrected chi connectivity index (χ1v) is 3.25. The smallest absolute Gasteiger partial charge is 0.295 e. The summed E-state index contributed by atoms with van der Waals surface area (Å²) in [6.45, 7) is 1.77. The summed E-state index contributed by atoms with van der Waals surface area (Å²) in [6, 6.07) is 0. The average molecular weight is 182 g/mol. The normalized spacial score (nSPS) is 12.8. The van der Waals surface area contributed by atoms with Gasteiger partial charge in [-0.15, -0.1) is 0 Å². The summed E-state index contributed by atoms with van der Waals surface area (Å²) < 4.78 is 36.2. The SMILES string of the molecule is CC(C)(CC(=O)C=O)C(F)(F)F. The van der Waals surface area contributed by atoms with Gasteiger partial charge in [-0.3, -0.25) is 9.59 Å². The van der Waals surface area contributed by atoms with Crippen molar-refractivity contribution in [3.63, 3.8) is 0 Å². The molecule has 0 saturated carbocycles. The van der Waals surface area contributed by atoms with E-state index in [1.165, 1.54) is 0 Å². The molecule has 12 heavy (non-hydrogen) atoms. The predicted octanol–water partition coefficient (Wildman–Crippen LogP) is 1.73. The molecule has 0 heterocycles. The number of carbonyl (C=O) groups excluding carboxylic acids is 2. The Balaban J connectivity index is 4.43. The van der Waals surface area contributed by atoms with Gasteiger partial charge in [-0.2, -0.15) is 13.2 Å². The van der Waals surface area contributed by atoms with Crippen LogP contribution in [0.25, 0.3) is 0 Å². The highest BCUT2D eigenvalue weighted by atomic mass is 19.4. The molecule has 0 N–H and O–H groups in total. The number of aldehydes is 1. The molecule has 0 atom stereocenters. The van der Waals surface area contributed by atoms with Crippen LogP contribution in [0.5, 0.6) is 0 Å². The summed E-state index contributed by atoms with van der Waals surface area (Å²) in [4.78, 5) is 20.2. The second-order valence-electron chi connectivity index (χ2n) is 3.14. The van der Waals surface area contributed by atoms with Crippen molar-refractivity contribution in [1.82, 2.24) is 0 Å². The molecule has 0 fully saturated rings. The number of Topliss-reactive ketones (excluding diaryl/α,β-unsaturated/α-hetero) is 1. The molecule has 0 unspecified atom stereocenters. The number of halogens is 3. The van der Waals surface area contributed by atoms with Crippen molar-refractivity contribution in [2.75, 3.05) is 0 Å². The monoisotopic (exact) mass is 182 g/mol. The van der Waals surface area contributed by atoms with E-state index in [4.69, 9.17) is 0 Å². The van der Waals surface area contributed by atoms with E-state index in [0.717, 1.165) is 13.8 Å². The molecule has 0 bridgehead atoms. The number of hydrogen-bond donors (Lipinski definition) is 0. The molecule has 0 radical (unpaired) electrons. The van der Waals surface area contributed by atoms with Crippen LogP contribution in [0.15, 0.2) is 0 Å². The number of ketones is 1. The highest BCUT2D eigenvalue weighted by Gasteiger charge is 2.48. The minimum Gasteiger partial charge on any atom is -0.295 e. The Kier molecular flexibility index (Phi) is 3.01. The summed E-state index contributed by atoms with van der Waals surface area (Å²) in [5.74, 6) is -1.03. The molecule has 0 aromatic carbocycles. The minimum atomic E-state index is -4.45. The highest BCUT2D eigenvalue weighted by Crippen LogP contribution is 2.40. The third-order valence-corrected chi connectivity index (χ3v) is 1.52. The second-order valence-corrected chi connectivity index (χ2v) is 3.14. The molecular formula is C7H9F3O2. The molecule has 2 nitrogen and oxygen atoms in total. The number of alkyl halides is 3. The Morgan fingerprint density at radius 2 is 1.75 bits per heavy atom. The standard InChI is InChI=1S/C7H9F3O2/c1-6(2,7(8,9)10)3-5(12)4-11/h4H,3H2,1-2H3. The molecule has 0 aliphatic carbocycles. The van der Waals surface area contributed by atoms with E-state index in [0.29, 0.717) is 0 Å². The average Bonchev–Trinajstić information content (AvgIpc) is 1.84. The molecular weight excluding hydrogens is 173 g/mol. The van der Waals surface area contributed by atoms with E-state index in [9.17, 15) is 22.8 Å². The Morgan fingerprint density at radius 3 is 2.00 bits per heavy atom. The van der Waals surface area contributed by atoms with Gasteiger partial charge >= 0.3 is 6.18 Å². The lowest BCUT2D eigenvalue weighted by atomic mass is 9.87. The van der Waals surface area contributed by atoms with E-state index in [2.05, 4.69) is 0 Å². The van der Waals surface area contributed by atoms with Crippen molar-refractivity contribution < 1.29 is 22.8 Å². The number of rotatable bonds is 3. The molecule has 5 heteroatoms. The van der Waals surface area contributed by atoms with Gasteiger partial charge in [0.15, 0.2) is 12.1 Å². The molecule has 0 aromatic heterocycles. The first-order valence-electron chi connectivity index (χ1n) is 3.25. The first-order chi connectivity index (χ1) is 5.20. The molecule has 0 aromatic rings. The van der Waals surface area contributed by atoms with E-state index in [1.807, 2.05) is 0 Å².